The summed E-state index contributed by atoms with van der Waals surface area (Å²) in [7, 11) is 0. The van der Waals surface area contributed by atoms with E-state index in [1.165, 1.54) is 6.07 Å². The monoisotopic (exact) mass is 311 g/mol. The predicted molar refractivity (Wildman–Crippen MR) is 86.2 cm³/mol. The molecular formula is C18H11ClFNO. The highest BCUT2D eigenvalue weighted by Crippen LogP contribution is 2.51. The van der Waals surface area contributed by atoms with Gasteiger partial charge in [-0.2, -0.15) is 0 Å². The van der Waals surface area contributed by atoms with Crippen molar-refractivity contribution < 1.29 is 9.13 Å². The second-order valence-electron chi connectivity index (χ2n) is 4.95. The Labute approximate surface area is 132 Å². The maximum Gasteiger partial charge on any atom is 0.151 e. The van der Waals surface area contributed by atoms with Gasteiger partial charge in [0.25, 0.3) is 0 Å². The fourth-order valence-electron chi connectivity index (χ4n) is 2.63. The Morgan fingerprint density at radius 3 is 1.91 bits per heavy atom. The third-order valence-corrected chi connectivity index (χ3v) is 3.98. The van der Waals surface area contributed by atoms with Gasteiger partial charge in [-0.25, -0.2) is 4.39 Å². The van der Waals surface area contributed by atoms with Gasteiger partial charge in [-0.15, -0.1) is 0 Å². The van der Waals surface area contributed by atoms with Crippen LogP contribution in [-0.2, 0) is 0 Å². The summed E-state index contributed by atoms with van der Waals surface area (Å²) in [5.74, 6) is 0.976. The zero-order chi connectivity index (χ0) is 15.1. The van der Waals surface area contributed by atoms with Crippen LogP contribution >= 0.6 is 11.6 Å². The molecule has 0 radical (unpaired) electrons. The molecule has 0 aromatic heterocycles. The predicted octanol–water partition coefficient (Wildman–Crippen LogP) is 6.05. The fraction of sp³-hybridized carbons (Fsp3) is 0. The normalized spacial score (nSPS) is 12.4. The molecule has 0 spiro atoms. The molecule has 0 saturated carbocycles. The zero-order valence-electron chi connectivity index (χ0n) is 11.5. The molecule has 4 heteroatoms. The van der Waals surface area contributed by atoms with E-state index in [-0.39, 0.29) is 5.02 Å². The van der Waals surface area contributed by atoms with Crippen LogP contribution in [0, 0.1) is 5.82 Å². The number of ether oxygens (including phenoxy) is 1. The molecular weight excluding hydrogens is 301 g/mol. The van der Waals surface area contributed by atoms with Crippen molar-refractivity contribution >= 4 is 28.7 Å². The molecule has 1 aliphatic heterocycles. The number of fused-ring (bicyclic) bond motifs is 2. The van der Waals surface area contributed by atoms with Gasteiger partial charge in [-0.05, 0) is 36.4 Å². The average Bonchev–Trinajstić information content (AvgIpc) is 2.55. The van der Waals surface area contributed by atoms with Crippen molar-refractivity contribution in [1.29, 1.82) is 0 Å². The largest absolute Gasteiger partial charge is 0.453 e. The minimum Gasteiger partial charge on any atom is -0.453 e. The Morgan fingerprint density at radius 1 is 0.727 bits per heavy atom. The number of rotatable bonds is 1. The molecule has 0 aliphatic carbocycles. The van der Waals surface area contributed by atoms with Crippen molar-refractivity contribution in [3.8, 4) is 11.5 Å². The van der Waals surface area contributed by atoms with E-state index >= 15 is 0 Å². The lowest BCUT2D eigenvalue weighted by atomic mass is 10.1. The van der Waals surface area contributed by atoms with Crippen LogP contribution in [0.5, 0.6) is 11.5 Å². The number of para-hydroxylation sites is 4. The van der Waals surface area contributed by atoms with Crippen LogP contribution in [0.1, 0.15) is 0 Å². The average molecular weight is 312 g/mol. The molecule has 0 fully saturated rings. The van der Waals surface area contributed by atoms with Gasteiger partial charge >= 0.3 is 0 Å². The van der Waals surface area contributed by atoms with E-state index < -0.39 is 5.82 Å². The molecule has 0 amide bonds. The summed E-state index contributed by atoms with van der Waals surface area (Å²) in [6, 6.07) is 20.0. The van der Waals surface area contributed by atoms with Gasteiger partial charge in [-0.3, -0.25) is 0 Å². The molecule has 1 aliphatic rings. The van der Waals surface area contributed by atoms with E-state index in [0.717, 1.165) is 11.4 Å². The number of benzene rings is 3. The summed E-state index contributed by atoms with van der Waals surface area (Å²) in [5, 5.41) is 0.0917. The van der Waals surface area contributed by atoms with Gasteiger partial charge in [0.15, 0.2) is 11.5 Å². The van der Waals surface area contributed by atoms with Crippen LogP contribution in [0.2, 0.25) is 5.02 Å². The minimum absolute atomic E-state index is 0.0917. The van der Waals surface area contributed by atoms with E-state index in [9.17, 15) is 4.39 Å². The Hall–Kier alpha value is -2.52. The topological polar surface area (TPSA) is 12.5 Å². The molecule has 0 unspecified atom stereocenters. The van der Waals surface area contributed by atoms with Crippen LogP contribution in [0.15, 0.2) is 66.7 Å². The van der Waals surface area contributed by atoms with E-state index in [2.05, 4.69) is 0 Å². The number of hydrogen-bond acceptors (Lipinski definition) is 2. The van der Waals surface area contributed by atoms with Crippen LogP contribution in [0.3, 0.4) is 0 Å². The second-order valence-corrected chi connectivity index (χ2v) is 5.32. The second kappa shape index (κ2) is 5.04. The standard InChI is InChI=1S/C18H11ClFNO/c19-18-12(20)6-5-9-15(18)21-13-7-1-3-10-16(13)22-17-11-4-2-8-14(17)21/h1-11H. The van der Waals surface area contributed by atoms with Gasteiger partial charge in [0.05, 0.1) is 17.1 Å². The Balaban J connectivity index is 2.01. The highest BCUT2D eigenvalue weighted by molar-refractivity contribution is 6.33. The fourth-order valence-corrected chi connectivity index (χ4v) is 2.84. The molecule has 2 nitrogen and oxygen atoms in total. The van der Waals surface area contributed by atoms with Crippen LogP contribution in [0.4, 0.5) is 21.5 Å². The first-order chi connectivity index (χ1) is 10.8. The maximum atomic E-state index is 13.9. The molecule has 3 aromatic carbocycles. The lowest BCUT2D eigenvalue weighted by molar-refractivity contribution is 0.477. The molecule has 0 saturated heterocycles. The van der Waals surface area contributed by atoms with E-state index in [0.29, 0.717) is 17.2 Å². The van der Waals surface area contributed by atoms with E-state index in [1.807, 2.05) is 53.4 Å². The van der Waals surface area contributed by atoms with Crippen molar-refractivity contribution in [2.45, 2.75) is 0 Å². The first-order valence-corrected chi connectivity index (χ1v) is 7.23. The van der Waals surface area contributed by atoms with Crippen molar-refractivity contribution in [3.05, 3.63) is 77.6 Å². The van der Waals surface area contributed by atoms with Gasteiger partial charge in [0, 0.05) is 0 Å². The summed E-state index contributed by atoms with van der Waals surface area (Å²) in [4.78, 5) is 1.92. The molecule has 0 N–H and O–H groups in total. The highest BCUT2D eigenvalue weighted by atomic mass is 35.5. The summed E-state index contributed by atoms with van der Waals surface area (Å²) in [5.41, 5.74) is 2.24. The SMILES string of the molecule is Fc1cccc(N2c3ccccc3Oc3ccccc32)c1Cl. The molecule has 22 heavy (non-hydrogen) atoms. The third kappa shape index (κ3) is 1.94. The summed E-state index contributed by atoms with van der Waals surface area (Å²) < 4.78 is 19.8. The smallest absolute Gasteiger partial charge is 0.151 e. The minimum atomic E-state index is -0.444. The Kier molecular flexibility index (Phi) is 3.01. The summed E-state index contributed by atoms with van der Waals surface area (Å²) >= 11 is 6.20. The van der Waals surface area contributed by atoms with Crippen LogP contribution in [-0.4, -0.2) is 0 Å². The van der Waals surface area contributed by atoms with Crippen molar-refractivity contribution in [2.75, 3.05) is 4.90 Å². The summed E-state index contributed by atoms with van der Waals surface area (Å²) in [6.45, 7) is 0. The van der Waals surface area contributed by atoms with Gasteiger partial charge < -0.3 is 9.64 Å². The molecule has 3 aromatic rings. The van der Waals surface area contributed by atoms with Crippen molar-refractivity contribution in [2.24, 2.45) is 0 Å². The number of hydrogen-bond donors (Lipinski definition) is 0. The lowest BCUT2D eigenvalue weighted by Gasteiger charge is -2.33. The number of nitrogens with zero attached hydrogens (tertiary/aromatic N) is 1. The van der Waals surface area contributed by atoms with Gasteiger partial charge in [0.2, 0.25) is 0 Å². The lowest BCUT2D eigenvalue weighted by Crippen LogP contribution is -2.16. The third-order valence-electron chi connectivity index (χ3n) is 3.60. The molecule has 0 atom stereocenters. The quantitative estimate of drug-likeness (QED) is 0.424. The Bertz CT molecular complexity index is 820. The maximum absolute atomic E-state index is 13.9. The van der Waals surface area contributed by atoms with Gasteiger partial charge in [-0.1, -0.05) is 41.9 Å². The Morgan fingerprint density at radius 2 is 1.27 bits per heavy atom. The first-order valence-electron chi connectivity index (χ1n) is 6.86. The first kappa shape index (κ1) is 13.2. The van der Waals surface area contributed by atoms with Crippen LogP contribution < -0.4 is 9.64 Å². The molecule has 4 rings (SSSR count). The van der Waals surface area contributed by atoms with Crippen LogP contribution in [0.25, 0.3) is 0 Å². The van der Waals surface area contributed by atoms with E-state index in [1.54, 1.807) is 12.1 Å². The summed E-state index contributed by atoms with van der Waals surface area (Å²) in [6.07, 6.45) is 0. The van der Waals surface area contributed by atoms with Crippen molar-refractivity contribution in [1.82, 2.24) is 0 Å². The highest BCUT2D eigenvalue weighted by Gasteiger charge is 2.27. The number of halogens is 2. The molecule has 1 heterocycles. The number of anilines is 3. The zero-order valence-corrected chi connectivity index (χ0v) is 12.2. The van der Waals surface area contributed by atoms with E-state index in [4.69, 9.17) is 16.3 Å². The van der Waals surface area contributed by atoms with Crippen molar-refractivity contribution in [3.63, 3.8) is 0 Å². The van der Waals surface area contributed by atoms with Gasteiger partial charge in [0.1, 0.15) is 10.8 Å². The molecule has 108 valence electrons. The molecule has 0 bridgehead atoms.